The van der Waals surface area contributed by atoms with Gasteiger partial charge in [-0.1, -0.05) is 0 Å². The number of benzene rings is 1. The SMILES string of the molecule is COc1ccc2oc(=O)c([N+](=O)[O-])c(O)c2c1.[H-].[Na+]. The molecule has 0 fully saturated rings. The first-order valence-electron chi connectivity index (χ1n) is 4.53. The summed E-state index contributed by atoms with van der Waals surface area (Å²) in [4.78, 5) is 20.9. The second kappa shape index (κ2) is 5.38. The maximum atomic E-state index is 11.3. The number of ether oxygens (including phenoxy) is 1. The zero-order valence-corrected chi connectivity index (χ0v) is 11.7. The molecule has 8 heteroatoms. The second-order valence-corrected chi connectivity index (χ2v) is 3.21. The maximum Gasteiger partial charge on any atom is 1.00 e. The van der Waals surface area contributed by atoms with Crippen LogP contribution in [0.1, 0.15) is 1.43 Å². The van der Waals surface area contributed by atoms with Crippen molar-refractivity contribution in [1.29, 1.82) is 0 Å². The van der Waals surface area contributed by atoms with Gasteiger partial charge in [-0.05, 0) is 18.2 Å². The maximum absolute atomic E-state index is 11.3. The van der Waals surface area contributed by atoms with E-state index in [0.29, 0.717) is 5.75 Å². The zero-order valence-electron chi connectivity index (χ0n) is 10.7. The fraction of sp³-hybridized carbons (Fsp3) is 0.100. The molecule has 90 valence electrons. The van der Waals surface area contributed by atoms with Crippen LogP contribution in [-0.4, -0.2) is 17.1 Å². The van der Waals surface area contributed by atoms with Crippen LogP contribution in [0.15, 0.2) is 27.4 Å². The molecule has 1 aromatic heterocycles. The van der Waals surface area contributed by atoms with Gasteiger partial charge in [0.1, 0.15) is 11.3 Å². The predicted molar refractivity (Wildman–Crippen MR) is 58.5 cm³/mol. The molecule has 0 saturated carbocycles. The number of methoxy groups -OCH3 is 1. The van der Waals surface area contributed by atoms with Crippen molar-refractivity contribution >= 4 is 16.7 Å². The van der Waals surface area contributed by atoms with Crippen LogP contribution in [0.2, 0.25) is 0 Å². The second-order valence-electron chi connectivity index (χ2n) is 3.21. The van der Waals surface area contributed by atoms with E-state index >= 15 is 0 Å². The third-order valence-corrected chi connectivity index (χ3v) is 2.24. The van der Waals surface area contributed by atoms with Crippen LogP contribution in [-0.2, 0) is 0 Å². The summed E-state index contributed by atoms with van der Waals surface area (Å²) >= 11 is 0. The molecule has 1 N–H and O–H groups in total. The van der Waals surface area contributed by atoms with E-state index in [-0.39, 0.29) is 42.0 Å². The average molecular weight is 261 g/mol. The number of hydrogen-bond donors (Lipinski definition) is 1. The van der Waals surface area contributed by atoms with Crippen molar-refractivity contribution in [3.63, 3.8) is 0 Å². The van der Waals surface area contributed by atoms with E-state index in [1.54, 1.807) is 0 Å². The van der Waals surface area contributed by atoms with Gasteiger partial charge >= 0.3 is 40.9 Å². The Morgan fingerprint density at radius 1 is 1.50 bits per heavy atom. The van der Waals surface area contributed by atoms with E-state index < -0.39 is 22.0 Å². The minimum absolute atomic E-state index is 0. The van der Waals surface area contributed by atoms with Crippen LogP contribution < -0.4 is 39.9 Å². The van der Waals surface area contributed by atoms with Crippen molar-refractivity contribution in [1.82, 2.24) is 0 Å². The molecule has 0 aliphatic heterocycles. The van der Waals surface area contributed by atoms with Gasteiger partial charge in [-0.15, -0.1) is 0 Å². The molecule has 18 heavy (non-hydrogen) atoms. The largest absolute Gasteiger partial charge is 1.00 e. The summed E-state index contributed by atoms with van der Waals surface area (Å²) in [6, 6.07) is 4.25. The summed E-state index contributed by atoms with van der Waals surface area (Å²) in [5.41, 5.74) is -2.12. The number of nitro groups is 1. The van der Waals surface area contributed by atoms with Crippen LogP contribution in [0.3, 0.4) is 0 Å². The van der Waals surface area contributed by atoms with Crippen molar-refractivity contribution < 1.29 is 50.2 Å². The molecule has 2 rings (SSSR count). The number of hydrogen-bond acceptors (Lipinski definition) is 6. The first kappa shape index (κ1) is 14.5. The van der Waals surface area contributed by atoms with Gasteiger partial charge in [0.05, 0.1) is 17.4 Å². The Bertz CT molecular complexity index is 671. The zero-order chi connectivity index (χ0) is 12.6. The molecule has 0 spiro atoms. The summed E-state index contributed by atoms with van der Waals surface area (Å²) in [5.74, 6) is -0.337. The Labute approximate surface area is 124 Å². The van der Waals surface area contributed by atoms with Crippen LogP contribution in [0.25, 0.3) is 11.0 Å². The average Bonchev–Trinajstić information content (AvgIpc) is 2.28. The van der Waals surface area contributed by atoms with E-state index in [4.69, 9.17) is 9.15 Å². The topological polar surface area (TPSA) is 103 Å². The number of rotatable bonds is 2. The van der Waals surface area contributed by atoms with Crippen molar-refractivity contribution in [3.8, 4) is 11.5 Å². The van der Waals surface area contributed by atoms with Gasteiger partial charge in [0.25, 0.3) is 0 Å². The van der Waals surface area contributed by atoms with Crippen LogP contribution in [0.4, 0.5) is 5.69 Å². The molecule has 0 unspecified atom stereocenters. The van der Waals surface area contributed by atoms with Crippen LogP contribution in [0, 0.1) is 10.1 Å². The molecule has 0 aliphatic carbocycles. The quantitative estimate of drug-likeness (QED) is 0.306. The molecular weight excluding hydrogens is 253 g/mol. The van der Waals surface area contributed by atoms with Crippen molar-refractivity contribution in [2.45, 2.75) is 0 Å². The Balaban J connectivity index is 0.00000162. The van der Waals surface area contributed by atoms with Crippen molar-refractivity contribution in [2.75, 3.05) is 7.11 Å². The molecule has 2 aromatic rings. The van der Waals surface area contributed by atoms with Gasteiger partial charge in [-0.2, -0.15) is 0 Å². The smallest absolute Gasteiger partial charge is 1.00 e. The van der Waals surface area contributed by atoms with Gasteiger partial charge in [0.15, 0.2) is 0 Å². The third-order valence-electron chi connectivity index (χ3n) is 2.24. The van der Waals surface area contributed by atoms with E-state index in [9.17, 15) is 20.0 Å². The molecule has 0 radical (unpaired) electrons. The molecule has 1 heterocycles. The summed E-state index contributed by atoms with van der Waals surface area (Å²) in [6.45, 7) is 0. The first-order valence-corrected chi connectivity index (χ1v) is 4.53. The van der Waals surface area contributed by atoms with E-state index in [0.717, 1.165) is 0 Å². The molecule has 1 aromatic carbocycles. The fourth-order valence-electron chi connectivity index (χ4n) is 1.44. The first-order chi connectivity index (χ1) is 8.04. The van der Waals surface area contributed by atoms with Gasteiger partial charge in [-0.25, -0.2) is 4.79 Å². The molecule has 0 atom stereocenters. The number of nitrogens with zero attached hydrogens (tertiary/aromatic N) is 1. The Morgan fingerprint density at radius 3 is 2.72 bits per heavy atom. The minimum atomic E-state index is -1.19. The van der Waals surface area contributed by atoms with E-state index in [1.165, 1.54) is 25.3 Å². The van der Waals surface area contributed by atoms with Crippen LogP contribution in [0.5, 0.6) is 11.5 Å². The molecule has 7 nitrogen and oxygen atoms in total. The van der Waals surface area contributed by atoms with E-state index in [2.05, 4.69) is 0 Å². The summed E-state index contributed by atoms with van der Waals surface area (Å²) in [5, 5.41) is 20.3. The molecule has 0 bridgehead atoms. The molecule has 0 saturated heterocycles. The summed E-state index contributed by atoms with van der Waals surface area (Å²) in [7, 11) is 1.41. The Hall–Kier alpha value is -1.57. The summed E-state index contributed by atoms with van der Waals surface area (Å²) < 4.78 is 9.63. The standard InChI is InChI=1S/C10H7NO6.Na.H/c1-16-5-2-3-7-6(4-5)9(12)8(11(14)15)10(13)17-7;;/h2-4,12H,1H3;;/q;+1;-1. The molecule has 0 aliphatic rings. The number of aromatic hydroxyl groups is 1. The minimum Gasteiger partial charge on any atom is -1.00 e. The normalized spacial score (nSPS) is 9.83. The predicted octanol–water partition coefficient (Wildman–Crippen LogP) is -1.47. The van der Waals surface area contributed by atoms with E-state index in [1.807, 2.05) is 0 Å². The van der Waals surface area contributed by atoms with Gasteiger partial charge in [0.2, 0.25) is 5.75 Å². The summed E-state index contributed by atoms with van der Waals surface area (Å²) in [6.07, 6.45) is 0. The van der Waals surface area contributed by atoms with Crippen molar-refractivity contribution in [2.24, 2.45) is 0 Å². The number of fused-ring (bicyclic) bond motifs is 1. The Kier molecular flexibility index (Phi) is 4.33. The Morgan fingerprint density at radius 2 is 2.17 bits per heavy atom. The fourth-order valence-corrected chi connectivity index (χ4v) is 1.44. The molecular formula is C10H8NNaO6. The van der Waals surface area contributed by atoms with Gasteiger partial charge < -0.3 is 15.7 Å². The van der Waals surface area contributed by atoms with Crippen LogP contribution >= 0.6 is 0 Å². The third kappa shape index (κ3) is 2.33. The van der Waals surface area contributed by atoms with Gasteiger partial charge in [-0.3, -0.25) is 10.1 Å². The molecule has 0 amide bonds. The van der Waals surface area contributed by atoms with Crippen molar-refractivity contribution in [3.05, 3.63) is 38.7 Å². The van der Waals surface area contributed by atoms with Gasteiger partial charge in [0, 0.05) is 0 Å². The monoisotopic (exact) mass is 261 g/mol.